The first-order valence-corrected chi connectivity index (χ1v) is 10.2. The van der Waals surface area contributed by atoms with Gasteiger partial charge in [-0.25, -0.2) is 0 Å². The first-order chi connectivity index (χ1) is 13.5. The normalized spacial score (nSPS) is 19.3. The van der Waals surface area contributed by atoms with E-state index in [0.717, 1.165) is 17.0 Å². The number of thiocarbonyl (C=S) groups is 1. The van der Waals surface area contributed by atoms with Gasteiger partial charge in [-0.2, -0.15) is 0 Å². The van der Waals surface area contributed by atoms with Gasteiger partial charge in [-0.1, -0.05) is 29.3 Å². The Balaban J connectivity index is 1.76. The molecule has 1 saturated heterocycles. The van der Waals surface area contributed by atoms with E-state index in [4.69, 9.17) is 39.8 Å². The lowest BCUT2D eigenvalue weighted by Gasteiger charge is -2.29. The molecule has 28 heavy (non-hydrogen) atoms. The number of nitrogens with one attached hydrogen (secondary N) is 1. The highest BCUT2D eigenvalue weighted by molar-refractivity contribution is 7.80. The molecule has 2 atom stereocenters. The van der Waals surface area contributed by atoms with Gasteiger partial charge in [0.2, 0.25) is 0 Å². The fourth-order valence-electron chi connectivity index (χ4n) is 3.57. The molecule has 1 aliphatic heterocycles. The van der Waals surface area contributed by atoms with Crippen molar-refractivity contribution in [2.75, 3.05) is 0 Å². The van der Waals surface area contributed by atoms with Crippen molar-refractivity contribution < 1.29 is 4.42 Å². The third kappa shape index (κ3) is 3.50. The maximum atomic E-state index is 6.36. The van der Waals surface area contributed by atoms with Crippen LogP contribution in [0.2, 0.25) is 10.0 Å². The molecule has 7 heteroatoms. The lowest BCUT2D eigenvalue weighted by atomic mass is 10.0. The van der Waals surface area contributed by atoms with Gasteiger partial charge in [0, 0.05) is 22.8 Å². The van der Waals surface area contributed by atoms with Crippen molar-refractivity contribution >= 4 is 40.5 Å². The first-order valence-electron chi connectivity index (χ1n) is 9.00. The fourth-order valence-corrected chi connectivity index (χ4v) is 4.52. The molecule has 4 rings (SSSR count). The van der Waals surface area contributed by atoms with E-state index in [1.54, 1.807) is 18.3 Å². The van der Waals surface area contributed by atoms with Crippen molar-refractivity contribution in [3.63, 3.8) is 0 Å². The van der Waals surface area contributed by atoms with Crippen LogP contribution in [0.5, 0.6) is 0 Å². The Hall–Kier alpha value is -2.08. The summed E-state index contributed by atoms with van der Waals surface area (Å²) in [4.78, 5) is 6.68. The molecule has 0 radical (unpaired) electrons. The predicted octanol–water partition coefficient (Wildman–Crippen LogP) is 6.03. The Bertz CT molecular complexity index is 1010. The van der Waals surface area contributed by atoms with Crippen molar-refractivity contribution in [1.82, 2.24) is 15.2 Å². The molecular formula is C21H19Cl2N3OS. The Morgan fingerprint density at radius 2 is 1.96 bits per heavy atom. The topological polar surface area (TPSA) is 41.3 Å². The van der Waals surface area contributed by atoms with Gasteiger partial charge in [-0.05, 0) is 68.5 Å². The second-order valence-electron chi connectivity index (χ2n) is 6.95. The number of hydrogen-bond acceptors (Lipinski definition) is 3. The fraction of sp³-hybridized carbons (Fsp3) is 0.238. The molecule has 1 aromatic carbocycles. The van der Waals surface area contributed by atoms with Gasteiger partial charge < -0.3 is 14.6 Å². The standard InChI is InChI=1S/C21H19Cl2N3OS/c1-12(2)26-20(19(25-21(26)28)16-5-3-4-10-24-16)18-9-8-17(27-18)14-7-6-13(22)11-15(14)23/h3-12,19-20H,1-2H3,(H,25,28)/t19-,20-/m0/s1. The van der Waals surface area contributed by atoms with Crippen LogP contribution >= 0.6 is 35.4 Å². The number of nitrogens with zero attached hydrogens (tertiary/aromatic N) is 2. The van der Waals surface area contributed by atoms with Crippen molar-refractivity contribution in [3.05, 3.63) is 76.2 Å². The molecule has 0 aliphatic carbocycles. The van der Waals surface area contributed by atoms with Crippen LogP contribution in [-0.4, -0.2) is 21.0 Å². The molecule has 0 unspecified atom stereocenters. The Kier molecular flexibility index (Phi) is 5.32. The molecule has 1 N–H and O–H groups in total. The van der Waals surface area contributed by atoms with Crippen LogP contribution in [-0.2, 0) is 0 Å². The molecule has 2 aromatic heterocycles. The highest BCUT2D eigenvalue weighted by Gasteiger charge is 2.42. The summed E-state index contributed by atoms with van der Waals surface area (Å²) < 4.78 is 6.26. The van der Waals surface area contributed by atoms with Gasteiger partial charge in [0.25, 0.3) is 0 Å². The lowest BCUT2D eigenvalue weighted by Crippen LogP contribution is -2.35. The molecule has 1 fully saturated rings. The number of benzene rings is 1. The van der Waals surface area contributed by atoms with Crippen molar-refractivity contribution in [2.24, 2.45) is 0 Å². The van der Waals surface area contributed by atoms with Crippen LogP contribution in [0.15, 0.2) is 59.1 Å². The highest BCUT2D eigenvalue weighted by Crippen LogP contribution is 2.42. The van der Waals surface area contributed by atoms with E-state index in [1.165, 1.54) is 0 Å². The average Bonchev–Trinajstić information content (AvgIpc) is 3.26. The first kappa shape index (κ1) is 19.2. The van der Waals surface area contributed by atoms with Crippen molar-refractivity contribution in [3.8, 4) is 11.3 Å². The maximum absolute atomic E-state index is 6.36. The molecule has 3 heterocycles. The average molecular weight is 432 g/mol. The zero-order valence-electron chi connectivity index (χ0n) is 15.4. The van der Waals surface area contributed by atoms with Gasteiger partial charge in [0.1, 0.15) is 17.6 Å². The minimum absolute atomic E-state index is 0.101. The Labute approximate surface area is 179 Å². The molecule has 144 valence electrons. The summed E-state index contributed by atoms with van der Waals surface area (Å²) in [5.41, 5.74) is 1.72. The molecular weight excluding hydrogens is 413 g/mol. The van der Waals surface area contributed by atoms with Crippen molar-refractivity contribution in [2.45, 2.75) is 32.0 Å². The lowest BCUT2D eigenvalue weighted by molar-refractivity contribution is 0.237. The quantitative estimate of drug-likeness (QED) is 0.510. The second-order valence-corrected chi connectivity index (χ2v) is 8.18. The molecule has 0 saturated carbocycles. The summed E-state index contributed by atoms with van der Waals surface area (Å²) in [5.74, 6) is 1.50. The maximum Gasteiger partial charge on any atom is 0.170 e. The van der Waals surface area contributed by atoms with E-state index >= 15 is 0 Å². The highest BCUT2D eigenvalue weighted by atomic mass is 35.5. The number of pyridine rings is 1. The molecule has 3 aromatic rings. The second kappa shape index (κ2) is 7.74. The minimum atomic E-state index is -0.109. The predicted molar refractivity (Wildman–Crippen MR) is 117 cm³/mol. The number of aromatic nitrogens is 1. The molecule has 0 spiro atoms. The zero-order chi connectivity index (χ0) is 19.8. The summed E-state index contributed by atoms with van der Waals surface area (Å²) in [5, 5.41) is 5.24. The van der Waals surface area contributed by atoms with Crippen LogP contribution in [0, 0.1) is 0 Å². The molecule has 4 nitrogen and oxygen atoms in total. The summed E-state index contributed by atoms with van der Waals surface area (Å²) in [6, 6.07) is 15.1. The van der Waals surface area contributed by atoms with E-state index < -0.39 is 0 Å². The smallest absolute Gasteiger partial charge is 0.170 e. The zero-order valence-corrected chi connectivity index (χ0v) is 17.7. The van der Waals surface area contributed by atoms with E-state index in [1.807, 2.05) is 36.4 Å². The number of halogens is 2. The Morgan fingerprint density at radius 1 is 1.14 bits per heavy atom. The third-order valence-corrected chi connectivity index (χ3v) is 5.68. The number of hydrogen-bond donors (Lipinski definition) is 1. The summed E-state index contributed by atoms with van der Waals surface area (Å²) >= 11 is 18.0. The van der Waals surface area contributed by atoms with Gasteiger partial charge >= 0.3 is 0 Å². The van der Waals surface area contributed by atoms with Gasteiger partial charge in [-0.15, -0.1) is 0 Å². The summed E-state index contributed by atoms with van der Waals surface area (Å²) in [7, 11) is 0. The van der Waals surface area contributed by atoms with Crippen LogP contribution in [0.3, 0.4) is 0 Å². The Morgan fingerprint density at radius 3 is 2.64 bits per heavy atom. The van der Waals surface area contributed by atoms with E-state index in [-0.39, 0.29) is 18.1 Å². The SMILES string of the molecule is CC(C)N1C(=S)N[C@@H](c2ccccn2)[C@@H]1c1ccc(-c2ccc(Cl)cc2Cl)o1. The van der Waals surface area contributed by atoms with Crippen LogP contribution in [0.25, 0.3) is 11.3 Å². The van der Waals surface area contributed by atoms with Crippen LogP contribution in [0.4, 0.5) is 0 Å². The molecule has 0 bridgehead atoms. The molecule has 0 amide bonds. The summed E-state index contributed by atoms with van der Waals surface area (Å²) in [6.07, 6.45) is 1.79. The van der Waals surface area contributed by atoms with Gasteiger partial charge in [-0.3, -0.25) is 4.98 Å². The van der Waals surface area contributed by atoms with Crippen LogP contribution < -0.4 is 5.32 Å². The van der Waals surface area contributed by atoms with Crippen molar-refractivity contribution in [1.29, 1.82) is 0 Å². The number of furan rings is 1. The number of rotatable bonds is 4. The monoisotopic (exact) mass is 431 g/mol. The largest absolute Gasteiger partial charge is 0.459 e. The summed E-state index contributed by atoms with van der Waals surface area (Å²) in [6.45, 7) is 4.23. The molecule has 1 aliphatic rings. The van der Waals surface area contributed by atoms with Gasteiger partial charge in [0.05, 0.1) is 16.8 Å². The van der Waals surface area contributed by atoms with Crippen LogP contribution in [0.1, 0.15) is 37.4 Å². The van der Waals surface area contributed by atoms with E-state index in [9.17, 15) is 0 Å². The van der Waals surface area contributed by atoms with E-state index in [0.29, 0.717) is 20.9 Å². The minimum Gasteiger partial charge on any atom is -0.459 e. The third-order valence-electron chi connectivity index (χ3n) is 4.81. The van der Waals surface area contributed by atoms with Gasteiger partial charge in [0.15, 0.2) is 5.11 Å². The van der Waals surface area contributed by atoms with E-state index in [2.05, 4.69) is 29.0 Å².